The van der Waals surface area contributed by atoms with Gasteiger partial charge in [0, 0.05) is 5.56 Å². The Morgan fingerprint density at radius 1 is 0.703 bits per heavy atom. The molecule has 4 heteroatoms. The van der Waals surface area contributed by atoms with Crippen molar-refractivity contribution in [3.8, 4) is 28.0 Å². The number of hydrogen-bond donors (Lipinski definition) is 0. The fourth-order valence-corrected chi connectivity index (χ4v) is 6.55. The summed E-state index contributed by atoms with van der Waals surface area (Å²) in [4.78, 5) is 0. The quantitative estimate of drug-likeness (QED) is 0.304. The lowest BCUT2D eigenvalue weighted by Crippen LogP contribution is -2.25. The van der Waals surface area contributed by atoms with Crippen LogP contribution in [0.1, 0.15) is 62.8 Å². The Morgan fingerprint density at radius 2 is 1.30 bits per heavy atom. The van der Waals surface area contributed by atoms with Crippen LogP contribution in [0.3, 0.4) is 0 Å². The maximum absolute atomic E-state index is 15.3. The molecule has 2 saturated carbocycles. The standard InChI is InChI=1S/C33H35F3O/c1-3-21-4-6-22(7-5-21)23-8-12-25(13-9-23)28-17-16-27(20-30(28)34)24-10-14-26(15-11-24)29-18-19-31(37-2)33(36)32(29)35/h3,10-11,14-23,25H,1,4-9,12-13H2,2H3. The Morgan fingerprint density at radius 3 is 1.89 bits per heavy atom. The number of rotatable bonds is 6. The highest BCUT2D eigenvalue weighted by atomic mass is 19.2. The molecule has 0 bridgehead atoms. The highest BCUT2D eigenvalue weighted by Crippen LogP contribution is 2.44. The van der Waals surface area contributed by atoms with Gasteiger partial charge in [-0.05, 0) is 115 Å². The monoisotopic (exact) mass is 504 g/mol. The van der Waals surface area contributed by atoms with Gasteiger partial charge < -0.3 is 4.74 Å². The summed E-state index contributed by atoms with van der Waals surface area (Å²) in [6, 6.07) is 15.5. The van der Waals surface area contributed by atoms with Crippen molar-refractivity contribution in [1.82, 2.24) is 0 Å². The highest BCUT2D eigenvalue weighted by Gasteiger charge is 2.31. The Bertz CT molecular complexity index is 1230. The third-order valence-electron chi connectivity index (χ3n) is 8.82. The second-order valence-electron chi connectivity index (χ2n) is 10.8. The van der Waals surface area contributed by atoms with E-state index in [9.17, 15) is 8.78 Å². The van der Waals surface area contributed by atoms with Crippen LogP contribution in [0.2, 0.25) is 0 Å². The van der Waals surface area contributed by atoms with Crippen molar-refractivity contribution in [3.05, 3.63) is 90.3 Å². The molecule has 3 aromatic carbocycles. The van der Waals surface area contributed by atoms with Gasteiger partial charge in [-0.2, -0.15) is 4.39 Å². The zero-order valence-electron chi connectivity index (χ0n) is 21.5. The molecule has 5 rings (SSSR count). The first-order chi connectivity index (χ1) is 18.0. The molecule has 0 aliphatic heterocycles. The molecule has 0 atom stereocenters. The van der Waals surface area contributed by atoms with Crippen LogP contribution < -0.4 is 4.74 Å². The normalized spacial score (nSPS) is 24.0. The molecule has 0 amide bonds. The summed E-state index contributed by atoms with van der Waals surface area (Å²) < 4.78 is 48.7. The zero-order chi connectivity index (χ0) is 25.9. The van der Waals surface area contributed by atoms with Gasteiger partial charge in [0.1, 0.15) is 5.82 Å². The Balaban J connectivity index is 1.24. The summed E-state index contributed by atoms with van der Waals surface area (Å²) >= 11 is 0. The number of allylic oxidation sites excluding steroid dienone is 1. The second-order valence-corrected chi connectivity index (χ2v) is 10.8. The van der Waals surface area contributed by atoms with Gasteiger partial charge in [0.2, 0.25) is 5.82 Å². The van der Waals surface area contributed by atoms with E-state index in [4.69, 9.17) is 4.74 Å². The van der Waals surface area contributed by atoms with Crippen molar-refractivity contribution in [2.75, 3.05) is 7.11 Å². The molecule has 0 aromatic heterocycles. The van der Waals surface area contributed by atoms with E-state index >= 15 is 4.39 Å². The molecule has 0 N–H and O–H groups in total. The molecule has 0 saturated heterocycles. The summed E-state index contributed by atoms with van der Waals surface area (Å²) in [5.41, 5.74) is 3.15. The lowest BCUT2D eigenvalue weighted by Gasteiger charge is -2.37. The predicted molar refractivity (Wildman–Crippen MR) is 144 cm³/mol. The first kappa shape index (κ1) is 25.6. The van der Waals surface area contributed by atoms with Crippen LogP contribution in [0.25, 0.3) is 22.3 Å². The molecular weight excluding hydrogens is 469 g/mol. The maximum Gasteiger partial charge on any atom is 0.201 e. The second kappa shape index (κ2) is 11.2. The number of ether oxygens (including phenoxy) is 1. The highest BCUT2D eigenvalue weighted by molar-refractivity contribution is 5.71. The van der Waals surface area contributed by atoms with Crippen molar-refractivity contribution in [2.24, 2.45) is 17.8 Å². The summed E-state index contributed by atoms with van der Waals surface area (Å²) in [7, 11) is 1.30. The number of hydrogen-bond acceptors (Lipinski definition) is 1. The maximum atomic E-state index is 15.3. The summed E-state index contributed by atoms with van der Waals surface area (Å²) in [6.45, 7) is 3.96. The van der Waals surface area contributed by atoms with Crippen LogP contribution in [-0.4, -0.2) is 7.11 Å². The largest absolute Gasteiger partial charge is 0.494 e. The third-order valence-corrected chi connectivity index (χ3v) is 8.82. The minimum absolute atomic E-state index is 0.127. The molecule has 194 valence electrons. The van der Waals surface area contributed by atoms with Gasteiger partial charge >= 0.3 is 0 Å². The van der Waals surface area contributed by atoms with E-state index in [0.29, 0.717) is 11.5 Å². The summed E-state index contributed by atoms with van der Waals surface area (Å²) in [6.07, 6.45) is 11.8. The molecule has 1 nitrogen and oxygen atoms in total. The molecule has 0 heterocycles. The lowest BCUT2D eigenvalue weighted by atomic mass is 9.68. The van der Waals surface area contributed by atoms with Crippen molar-refractivity contribution in [2.45, 2.75) is 57.3 Å². The van der Waals surface area contributed by atoms with E-state index in [-0.39, 0.29) is 23.0 Å². The van der Waals surface area contributed by atoms with E-state index in [2.05, 4.69) is 12.7 Å². The fraction of sp³-hybridized carbons (Fsp3) is 0.394. The molecule has 37 heavy (non-hydrogen) atoms. The van der Waals surface area contributed by atoms with Gasteiger partial charge in [-0.1, -0.05) is 42.5 Å². The summed E-state index contributed by atoms with van der Waals surface area (Å²) in [5, 5.41) is 0. The van der Waals surface area contributed by atoms with Crippen LogP contribution in [0.15, 0.2) is 67.3 Å². The first-order valence-corrected chi connectivity index (χ1v) is 13.5. The topological polar surface area (TPSA) is 9.23 Å². The average Bonchev–Trinajstić information content (AvgIpc) is 2.95. The van der Waals surface area contributed by atoms with Gasteiger partial charge in [0.15, 0.2) is 11.6 Å². The van der Waals surface area contributed by atoms with Crippen molar-refractivity contribution in [1.29, 1.82) is 0 Å². The van der Waals surface area contributed by atoms with E-state index in [0.717, 1.165) is 41.4 Å². The fourth-order valence-electron chi connectivity index (χ4n) is 6.55. The SMILES string of the molecule is C=CC1CCC(C2CCC(c3ccc(-c4ccc(-c5ccc(OC)c(F)c5F)cc4)cc3F)CC2)CC1. The van der Waals surface area contributed by atoms with Crippen molar-refractivity contribution < 1.29 is 17.9 Å². The zero-order valence-corrected chi connectivity index (χ0v) is 21.5. The van der Waals surface area contributed by atoms with Gasteiger partial charge in [-0.15, -0.1) is 6.58 Å². The molecule has 2 fully saturated rings. The number of methoxy groups -OCH3 is 1. The molecule has 2 aliphatic carbocycles. The van der Waals surface area contributed by atoms with Crippen LogP contribution in [0.4, 0.5) is 13.2 Å². The van der Waals surface area contributed by atoms with E-state index in [1.165, 1.54) is 57.8 Å². The van der Waals surface area contributed by atoms with Gasteiger partial charge in [0.25, 0.3) is 0 Å². The molecule has 0 unspecified atom stereocenters. The smallest absolute Gasteiger partial charge is 0.201 e. The first-order valence-electron chi connectivity index (χ1n) is 13.5. The van der Waals surface area contributed by atoms with Gasteiger partial charge in [-0.25, -0.2) is 8.78 Å². The summed E-state index contributed by atoms with van der Waals surface area (Å²) in [5.74, 6) is 0.366. The van der Waals surface area contributed by atoms with Crippen LogP contribution in [-0.2, 0) is 0 Å². The third kappa shape index (κ3) is 5.35. The van der Waals surface area contributed by atoms with Crippen LogP contribution in [0.5, 0.6) is 5.75 Å². The Kier molecular flexibility index (Phi) is 7.73. The Labute approximate surface area is 218 Å². The minimum Gasteiger partial charge on any atom is -0.494 e. The van der Waals surface area contributed by atoms with Crippen molar-refractivity contribution >= 4 is 0 Å². The number of benzene rings is 3. The van der Waals surface area contributed by atoms with Crippen molar-refractivity contribution in [3.63, 3.8) is 0 Å². The molecule has 2 aliphatic rings. The Hall–Kier alpha value is -3.01. The lowest BCUT2D eigenvalue weighted by molar-refractivity contribution is 0.171. The number of halogens is 3. The minimum atomic E-state index is -1.00. The molecule has 0 radical (unpaired) electrons. The van der Waals surface area contributed by atoms with E-state index in [1.54, 1.807) is 18.2 Å². The molecule has 3 aromatic rings. The molecule has 0 spiro atoms. The average molecular weight is 505 g/mol. The van der Waals surface area contributed by atoms with E-state index < -0.39 is 11.6 Å². The van der Waals surface area contributed by atoms with Gasteiger partial charge in [-0.3, -0.25) is 0 Å². The molecular formula is C33H35F3O. The van der Waals surface area contributed by atoms with E-state index in [1.807, 2.05) is 24.3 Å². The van der Waals surface area contributed by atoms with Crippen LogP contribution in [0, 0.1) is 35.2 Å². The van der Waals surface area contributed by atoms with Gasteiger partial charge in [0.05, 0.1) is 7.11 Å². The predicted octanol–water partition coefficient (Wildman–Crippen LogP) is 9.71. The van der Waals surface area contributed by atoms with Crippen LogP contribution >= 0.6 is 0 Å².